The van der Waals surface area contributed by atoms with Gasteiger partial charge in [0.2, 0.25) is 0 Å². The smallest absolute Gasteiger partial charge is 0.387 e. The molecule has 0 bridgehead atoms. The van der Waals surface area contributed by atoms with Crippen LogP contribution in [0.3, 0.4) is 0 Å². The molecule has 0 N–H and O–H groups in total. The second kappa shape index (κ2) is 8.26. The van der Waals surface area contributed by atoms with E-state index >= 15 is 0 Å². The van der Waals surface area contributed by atoms with Gasteiger partial charge in [-0.1, -0.05) is 12.1 Å². The number of rotatable bonds is 7. The number of non-ortho nitro benzene ring substituents is 1. The summed E-state index contributed by atoms with van der Waals surface area (Å²) in [6.45, 7) is -2.97. The Labute approximate surface area is 158 Å². The zero-order valence-electron chi connectivity index (χ0n) is 14.4. The normalized spacial score (nSPS) is 11.1. The maximum atomic E-state index is 12.3. The molecule has 2 aromatic carbocycles. The van der Waals surface area contributed by atoms with E-state index in [1.54, 1.807) is 41.1 Å². The van der Waals surface area contributed by atoms with Crippen molar-refractivity contribution in [2.24, 2.45) is 0 Å². The first-order valence-corrected chi connectivity index (χ1v) is 8.13. The molecule has 6 nitrogen and oxygen atoms in total. The van der Waals surface area contributed by atoms with Crippen molar-refractivity contribution in [2.45, 2.75) is 6.61 Å². The van der Waals surface area contributed by atoms with E-state index in [0.717, 1.165) is 0 Å². The number of aromatic nitrogens is 1. The molecule has 0 aliphatic rings. The summed E-state index contributed by atoms with van der Waals surface area (Å²) in [5.41, 5.74) is 1.55. The second-order valence-corrected chi connectivity index (χ2v) is 5.68. The van der Waals surface area contributed by atoms with Crippen molar-refractivity contribution >= 4 is 17.5 Å². The lowest BCUT2D eigenvalue weighted by molar-refractivity contribution is -0.384. The predicted molar refractivity (Wildman–Crippen MR) is 98.9 cm³/mol. The Morgan fingerprint density at radius 1 is 1.11 bits per heavy atom. The first kappa shape index (κ1) is 19.0. The van der Waals surface area contributed by atoms with Crippen LogP contribution in [0.4, 0.5) is 14.5 Å². The van der Waals surface area contributed by atoms with Crippen LogP contribution in [0.2, 0.25) is 0 Å². The van der Waals surface area contributed by atoms with E-state index in [0.29, 0.717) is 11.4 Å². The molecule has 0 radical (unpaired) electrons. The van der Waals surface area contributed by atoms with Crippen LogP contribution in [0.1, 0.15) is 16.1 Å². The number of alkyl halides is 2. The Bertz CT molecular complexity index is 1030. The van der Waals surface area contributed by atoms with Crippen molar-refractivity contribution in [1.82, 2.24) is 4.57 Å². The number of allylic oxidation sites excluding steroid dienone is 1. The quantitative estimate of drug-likeness (QED) is 0.252. The van der Waals surface area contributed by atoms with Gasteiger partial charge in [0.05, 0.1) is 4.92 Å². The van der Waals surface area contributed by atoms with Crippen molar-refractivity contribution in [3.8, 4) is 11.4 Å². The number of halogens is 2. The van der Waals surface area contributed by atoms with Crippen LogP contribution in [-0.4, -0.2) is 21.9 Å². The van der Waals surface area contributed by atoms with E-state index in [1.807, 2.05) is 0 Å². The standard InChI is InChI=1S/C20H14F2N2O4/c21-20(22)28-18-5-1-3-14(13-18)19(25)11-10-15-4-2-12-23(15)16-6-8-17(9-7-16)24(26)27/h1-13,20H/b11-10+. The molecule has 1 heterocycles. The third-order valence-corrected chi connectivity index (χ3v) is 3.87. The molecule has 0 aliphatic carbocycles. The highest BCUT2D eigenvalue weighted by Gasteiger charge is 2.09. The molecule has 8 heteroatoms. The van der Waals surface area contributed by atoms with Gasteiger partial charge in [0.25, 0.3) is 5.69 Å². The van der Waals surface area contributed by atoms with E-state index in [1.165, 1.54) is 42.5 Å². The van der Waals surface area contributed by atoms with Gasteiger partial charge < -0.3 is 9.30 Å². The van der Waals surface area contributed by atoms with Crippen LogP contribution in [-0.2, 0) is 0 Å². The zero-order chi connectivity index (χ0) is 20.1. The lowest BCUT2D eigenvalue weighted by Gasteiger charge is -2.06. The van der Waals surface area contributed by atoms with E-state index in [2.05, 4.69) is 4.74 Å². The molecule has 0 amide bonds. The Hall–Kier alpha value is -3.81. The van der Waals surface area contributed by atoms with E-state index in [9.17, 15) is 23.7 Å². The minimum absolute atomic E-state index is 0.0194. The van der Waals surface area contributed by atoms with Crippen LogP contribution in [0.15, 0.2) is 72.9 Å². The highest BCUT2D eigenvalue weighted by molar-refractivity contribution is 6.07. The van der Waals surface area contributed by atoms with Gasteiger partial charge in [0.15, 0.2) is 5.78 Å². The number of benzene rings is 2. The van der Waals surface area contributed by atoms with E-state index in [-0.39, 0.29) is 22.8 Å². The van der Waals surface area contributed by atoms with Crippen molar-refractivity contribution in [2.75, 3.05) is 0 Å². The maximum absolute atomic E-state index is 12.3. The van der Waals surface area contributed by atoms with Crippen LogP contribution in [0, 0.1) is 10.1 Å². The van der Waals surface area contributed by atoms with Crippen LogP contribution in [0.25, 0.3) is 11.8 Å². The summed E-state index contributed by atoms with van der Waals surface area (Å²) < 4.78 is 30.7. The summed E-state index contributed by atoms with van der Waals surface area (Å²) in [5, 5.41) is 10.8. The monoisotopic (exact) mass is 384 g/mol. The number of carbonyl (C=O) groups is 1. The topological polar surface area (TPSA) is 74.4 Å². The Morgan fingerprint density at radius 3 is 2.54 bits per heavy atom. The molecular weight excluding hydrogens is 370 g/mol. The molecular formula is C20H14F2N2O4. The molecule has 0 fully saturated rings. The summed E-state index contributed by atoms with van der Waals surface area (Å²) in [6.07, 6.45) is 4.64. The molecule has 3 aromatic rings. The predicted octanol–water partition coefficient (Wildman–Crippen LogP) is 4.88. The summed E-state index contributed by atoms with van der Waals surface area (Å²) in [4.78, 5) is 22.6. The average Bonchev–Trinajstić information content (AvgIpc) is 3.14. The fraction of sp³-hybridized carbons (Fsp3) is 0.0500. The molecule has 0 spiro atoms. The largest absolute Gasteiger partial charge is 0.435 e. The van der Waals surface area contributed by atoms with E-state index in [4.69, 9.17) is 0 Å². The van der Waals surface area contributed by atoms with Gasteiger partial charge in [-0.25, -0.2) is 0 Å². The number of nitro groups is 1. The number of ketones is 1. The third-order valence-electron chi connectivity index (χ3n) is 3.87. The molecule has 0 unspecified atom stereocenters. The Morgan fingerprint density at radius 2 is 1.86 bits per heavy atom. The molecule has 0 saturated heterocycles. The lowest BCUT2D eigenvalue weighted by Crippen LogP contribution is -2.03. The number of hydrogen-bond donors (Lipinski definition) is 0. The zero-order valence-corrected chi connectivity index (χ0v) is 14.4. The summed E-state index contributed by atoms with van der Waals surface area (Å²) in [7, 11) is 0. The van der Waals surface area contributed by atoms with Crippen molar-refractivity contribution in [1.29, 1.82) is 0 Å². The highest BCUT2D eigenvalue weighted by atomic mass is 19.3. The lowest BCUT2D eigenvalue weighted by atomic mass is 10.1. The van der Waals surface area contributed by atoms with Gasteiger partial charge in [-0.3, -0.25) is 14.9 Å². The number of ether oxygens (including phenoxy) is 1. The maximum Gasteiger partial charge on any atom is 0.387 e. The molecule has 0 saturated carbocycles. The minimum Gasteiger partial charge on any atom is -0.435 e. The first-order chi connectivity index (χ1) is 13.4. The van der Waals surface area contributed by atoms with Gasteiger partial charge in [0.1, 0.15) is 5.75 Å². The van der Waals surface area contributed by atoms with Crippen LogP contribution >= 0.6 is 0 Å². The van der Waals surface area contributed by atoms with E-state index < -0.39 is 11.5 Å². The number of carbonyl (C=O) groups excluding carboxylic acids is 1. The Balaban J connectivity index is 1.79. The molecule has 28 heavy (non-hydrogen) atoms. The van der Waals surface area contributed by atoms with Gasteiger partial charge in [-0.2, -0.15) is 8.78 Å². The van der Waals surface area contributed by atoms with Gasteiger partial charge in [0, 0.05) is 35.3 Å². The molecule has 0 atom stereocenters. The number of nitro benzene ring substituents is 1. The van der Waals surface area contributed by atoms with Crippen molar-refractivity contribution in [3.63, 3.8) is 0 Å². The summed E-state index contributed by atoms with van der Waals surface area (Å²) in [6, 6.07) is 15.1. The van der Waals surface area contributed by atoms with Crippen molar-refractivity contribution < 1.29 is 23.2 Å². The van der Waals surface area contributed by atoms with Crippen LogP contribution < -0.4 is 4.74 Å². The number of nitrogens with zero attached hydrogens (tertiary/aromatic N) is 2. The average molecular weight is 384 g/mol. The second-order valence-electron chi connectivity index (χ2n) is 5.68. The minimum atomic E-state index is -2.97. The van der Waals surface area contributed by atoms with Gasteiger partial charge in [-0.05, 0) is 48.6 Å². The van der Waals surface area contributed by atoms with Gasteiger partial charge in [-0.15, -0.1) is 0 Å². The molecule has 1 aromatic heterocycles. The highest BCUT2D eigenvalue weighted by Crippen LogP contribution is 2.20. The van der Waals surface area contributed by atoms with Gasteiger partial charge >= 0.3 is 6.61 Å². The fourth-order valence-corrected chi connectivity index (χ4v) is 2.58. The fourth-order valence-electron chi connectivity index (χ4n) is 2.58. The molecule has 142 valence electrons. The van der Waals surface area contributed by atoms with Crippen molar-refractivity contribution in [3.05, 3.63) is 94.3 Å². The van der Waals surface area contributed by atoms with Crippen LogP contribution in [0.5, 0.6) is 5.75 Å². The molecule has 3 rings (SSSR count). The summed E-state index contributed by atoms with van der Waals surface area (Å²) in [5.74, 6) is -0.473. The Kier molecular flexibility index (Phi) is 5.59. The molecule has 0 aliphatic heterocycles. The SMILES string of the molecule is O=C(/C=C/c1cccn1-c1ccc([N+](=O)[O-])cc1)c1cccc(OC(F)F)c1. The number of hydrogen-bond acceptors (Lipinski definition) is 4. The first-order valence-electron chi connectivity index (χ1n) is 8.13. The summed E-state index contributed by atoms with van der Waals surface area (Å²) >= 11 is 0. The third kappa shape index (κ3) is 4.47.